The lowest BCUT2D eigenvalue weighted by Crippen LogP contribution is -2.20. The van der Waals surface area contributed by atoms with Gasteiger partial charge >= 0.3 is 0 Å². The normalized spacial score (nSPS) is 14.5. The molecular weight excluding hydrogens is 372 g/mol. The second-order valence-corrected chi connectivity index (χ2v) is 8.29. The van der Waals surface area contributed by atoms with Crippen molar-refractivity contribution < 1.29 is 4.74 Å². The monoisotopic (exact) mass is 394 g/mol. The molecule has 7 heteroatoms. The molecule has 0 atom stereocenters. The fourth-order valence-corrected chi connectivity index (χ4v) is 5.33. The Morgan fingerprint density at radius 1 is 1.18 bits per heavy atom. The van der Waals surface area contributed by atoms with E-state index < -0.39 is 0 Å². The Morgan fingerprint density at radius 3 is 2.86 bits per heavy atom. The quantitative estimate of drug-likeness (QED) is 0.324. The summed E-state index contributed by atoms with van der Waals surface area (Å²) in [7, 11) is 1.67. The first-order chi connectivity index (χ1) is 13.8. The second kappa shape index (κ2) is 7.14. The molecule has 0 spiro atoms. The number of thiophene rings is 1. The zero-order valence-corrected chi connectivity index (χ0v) is 16.6. The highest BCUT2D eigenvalue weighted by Crippen LogP contribution is 2.34. The van der Waals surface area contributed by atoms with Crippen molar-refractivity contribution in [3.05, 3.63) is 45.1 Å². The minimum absolute atomic E-state index is 0.0556. The van der Waals surface area contributed by atoms with Crippen LogP contribution in [0, 0.1) is 0 Å². The Morgan fingerprint density at radius 2 is 2.00 bits per heavy atom. The van der Waals surface area contributed by atoms with Gasteiger partial charge in [0.15, 0.2) is 11.5 Å². The molecule has 0 unspecified atom stereocenters. The molecule has 4 aromatic rings. The average molecular weight is 395 g/mol. The average Bonchev–Trinajstić information content (AvgIpc) is 2.90. The van der Waals surface area contributed by atoms with Crippen LogP contribution < -0.4 is 10.9 Å². The van der Waals surface area contributed by atoms with Gasteiger partial charge in [-0.2, -0.15) is 4.52 Å². The molecule has 5 rings (SSSR count). The molecule has 0 saturated carbocycles. The van der Waals surface area contributed by atoms with Crippen LogP contribution in [-0.4, -0.2) is 34.9 Å². The van der Waals surface area contributed by atoms with Gasteiger partial charge in [0, 0.05) is 29.3 Å². The maximum atomic E-state index is 13.5. The first-order valence-corrected chi connectivity index (χ1v) is 10.6. The largest absolute Gasteiger partial charge is 0.383 e. The van der Waals surface area contributed by atoms with Gasteiger partial charge < -0.3 is 10.1 Å². The number of nitrogens with zero attached hydrogens (tertiary/aromatic N) is 3. The van der Waals surface area contributed by atoms with E-state index in [2.05, 4.69) is 10.4 Å². The summed E-state index contributed by atoms with van der Waals surface area (Å²) in [4.78, 5) is 20.6. The van der Waals surface area contributed by atoms with Crippen molar-refractivity contribution >= 4 is 43.8 Å². The molecular formula is C21H22N4O2S. The van der Waals surface area contributed by atoms with Crippen molar-refractivity contribution in [2.75, 3.05) is 25.6 Å². The molecule has 0 radical (unpaired) electrons. The molecule has 1 aliphatic carbocycles. The summed E-state index contributed by atoms with van der Waals surface area (Å²) in [5.74, 6) is 0.685. The Balaban J connectivity index is 1.81. The highest BCUT2D eigenvalue weighted by Gasteiger charge is 2.21. The molecule has 3 heterocycles. The van der Waals surface area contributed by atoms with Gasteiger partial charge in [0.25, 0.3) is 5.56 Å². The Hall–Kier alpha value is -2.51. The number of aryl methyl sites for hydroxylation is 2. The second-order valence-electron chi connectivity index (χ2n) is 7.21. The van der Waals surface area contributed by atoms with E-state index in [-0.39, 0.29) is 5.56 Å². The van der Waals surface area contributed by atoms with E-state index in [1.807, 2.05) is 24.3 Å². The number of fused-ring (bicyclic) bond motifs is 6. The van der Waals surface area contributed by atoms with Crippen molar-refractivity contribution in [1.29, 1.82) is 0 Å². The Bertz CT molecular complexity index is 1240. The topological polar surface area (TPSA) is 68.5 Å². The third kappa shape index (κ3) is 2.77. The van der Waals surface area contributed by atoms with Gasteiger partial charge in [0.1, 0.15) is 4.83 Å². The number of hydrogen-bond donors (Lipinski definition) is 1. The van der Waals surface area contributed by atoms with Crippen LogP contribution in [0.1, 0.15) is 29.7 Å². The summed E-state index contributed by atoms with van der Waals surface area (Å²) >= 11 is 1.69. The van der Waals surface area contributed by atoms with Gasteiger partial charge in [-0.15, -0.1) is 16.4 Å². The Labute approximate surface area is 166 Å². The lowest BCUT2D eigenvalue weighted by atomic mass is 10.1. The molecule has 0 bridgehead atoms. The van der Waals surface area contributed by atoms with Crippen molar-refractivity contribution in [3.8, 4) is 0 Å². The highest BCUT2D eigenvalue weighted by atomic mass is 32.1. The minimum Gasteiger partial charge on any atom is -0.383 e. The van der Waals surface area contributed by atoms with E-state index in [0.29, 0.717) is 24.6 Å². The molecule has 0 aliphatic heterocycles. The van der Waals surface area contributed by atoms with E-state index in [0.717, 1.165) is 40.3 Å². The SMILES string of the molecule is COCCNc1nn2c(=O)c3c4c(sc3nc2c2ccccc12)CCCCC4. The maximum absolute atomic E-state index is 13.5. The van der Waals surface area contributed by atoms with Gasteiger partial charge in [0.05, 0.1) is 12.0 Å². The van der Waals surface area contributed by atoms with Crippen LogP contribution in [0.3, 0.4) is 0 Å². The third-order valence-corrected chi connectivity index (χ3v) is 6.62. The van der Waals surface area contributed by atoms with Gasteiger partial charge in [-0.25, -0.2) is 4.98 Å². The highest BCUT2D eigenvalue weighted by molar-refractivity contribution is 7.18. The lowest BCUT2D eigenvalue weighted by molar-refractivity contribution is 0.210. The van der Waals surface area contributed by atoms with Gasteiger partial charge in [-0.05, 0) is 31.2 Å². The number of benzene rings is 1. The standard InChI is InChI=1S/C21H22N4O2S/c1-27-12-11-22-18-13-7-5-6-8-14(13)19-23-20-17(21(26)25(19)24-18)15-9-3-2-4-10-16(15)28-20/h5-8H,2-4,9-12H2,1H3,(H,22,24). The zero-order chi connectivity index (χ0) is 19.1. The van der Waals surface area contributed by atoms with Gasteiger partial charge in [-0.1, -0.05) is 30.7 Å². The van der Waals surface area contributed by atoms with Crippen LogP contribution in [-0.2, 0) is 17.6 Å². The minimum atomic E-state index is -0.0556. The number of nitrogens with one attached hydrogen (secondary N) is 1. The Kier molecular flexibility index (Phi) is 4.49. The number of methoxy groups -OCH3 is 1. The van der Waals surface area contributed by atoms with Crippen LogP contribution >= 0.6 is 11.3 Å². The number of rotatable bonds is 4. The van der Waals surface area contributed by atoms with Crippen LogP contribution in [0.25, 0.3) is 26.6 Å². The van der Waals surface area contributed by atoms with Gasteiger partial charge in [-0.3, -0.25) is 4.79 Å². The molecule has 1 aliphatic rings. The first kappa shape index (κ1) is 17.6. The molecule has 1 aromatic carbocycles. The predicted octanol–water partition coefficient (Wildman–Crippen LogP) is 3.78. The molecule has 144 valence electrons. The number of ether oxygens (including phenoxy) is 1. The summed E-state index contributed by atoms with van der Waals surface area (Å²) in [5.41, 5.74) is 1.77. The zero-order valence-electron chi connectivity index (χ0n) is 15.8. The predicted molar refractivity (Wildman–Crippen MR) is 114 cm³/mol. The van der Waals surface area contributed by atoms with Crippen molar-refractivity contribution in [2.24, 2.45) is 0 Å². The van der Waals surface area contributed by atoms with Gasteiger partial charge in [0.2, 0.25) is 0 Å². The van der Waals surface area contributed by atoms with Crippen LogP contribution in [0.15, 0.2) is 29.1 Å². The summed E-state index contributed by atoms with van der Waals surface area (Å²) in [5, 5.41) is 10.6. The van der Waals surface area contributed by atoms with E-state index >= 15 is 0 Å². The fourth-order valence-electron chi connectivity index (χ4n) is 4.08. The van der Waals surface area contributed by atoms with E-state index in [9.17, 15) is 4.79 Å². The smallest absolute Gasteiger partial charge is 0.283 e. The maximum Gasteiger partial charge on any atom is 0.283 e. The molecule has 3 aromatic heterocycles. The van der Waals surface area contributed by atoms with E-state index in [1.165, 1.54) is 27.8 Å². The lowest BCUT2D eigenvalue weighted by Gasteiger charge is -2.11. The number of hydrogen-bond acceptors (Lipinski definition) is 6. The van der Waals surface area contributed by atoms with Crippen molar-refractivity contribution in [3.63, 3.8) is 0 Å². The summed E-state index contributed by atoms with van der Waals surface area (Å²) < 4.78 is 6.62. The first-order valence-electron chi connectivity index (χ1n) is 9.77. The molecule has 28 heavy (non-hydrogen) atoms. The molecule has 0 amide bonds. The molecule has 0 fully saturated rings. The van der Waals surface area contributed by atoms with Crippen LogP contribution in [0.4, 0.5) is 5.82 Å². The number of aromatic nitrogens is 3. The summed E-state index contributed by atoms with van der Waals surface area (Å²) in [6, 6.07) is 7.97. The third-order valence-electron chi connectivity index (χ3n) is 5.44. The van der Waals surface area contributed by atoms with E-state index in [1.54, 1.807) is 18.4 Å². The van der Waals surface area contributed by atoms with E-state index in [4.69, 9.17) is 9.72 Å². The number of anilines is 1. The van der Waals surface area contributed by atoms with Crippen molar-refractivity contribution in [1.82, 2.24) is 14.6 Å². The summed E-state index contributed by atoms with van der Waals surface area (Å²) in [6.45, 7) is 1.19. The van der Waals surface area contributed by atoms with Crippen molar-refractivity contribution in [2.45, 2.75) is 32.1 Å². The fraction of sp³-hybridized carbons (Fsp3) is 0.381. The molecule has 1 N–H and O–H groups in total. The molecule has 0 saturated heterocycles. The van der Waals surface area contributed by atoms with Crippen LogP contribution in [0.5, 0.6) is 0 Å². The molecule has 6 nitrogen and oxygen atoms in total. The van der Waals surface area contributed by atoms with Crippen LogP contribution in [0.2, 0.25) is 0 Å². The summed E-state index contributed by atoms with van der Waals surface area (Å²) in [6.07, 6.45) is 5.56.